The van der Waals surface area contributed by atoms with Crippen LogP contribution in [0.25, 0.3) is 0 Å². The fourth-order valence-corrected chi connectivity index (χ4v) is 2.11. The molecule has 2 aromatic carbocycles. The number of hydrazine groups is 1. The van der Waals surface area contributed by atoms with Gasteiger partial charge in [0.1, 0.15) is 0 Å². The van der Waals surface area contributed by atoms with Crippen LogP contribution in [0.3, 0.4) is 0 Å². The zero-order chi connectivity index (χ0) is 19.6. The number of methoxy groups -OCH3 is 1. The predicted octanol–water partition coefficient (Wildman–Crippen LogP) is 1.71. The standard InChI is InChI=1S/C19H20N2O6/c1-3-26-15-10-9-14(11-16(15)25-2)19(24)27-12-17(22)20-21-18(23)13-7-5-4-6-8-13/h4-11H,3,12H2,1-2H3,(H,20,22)(H,21,23). The molecule has 27 heavy (non-hydrogen) atoms. The Morgan fingerprint density at radius 2 is 1.67 bits per heavy atom. The van der Waals surface area contributed by atoms with Crippen molar-refractivity contribution in [1.82, 2.24) is 10.9 Å². The maximum atomic E-state index is 12.1. The lowest BCUT2D eigenvalue weighted by atomic mass is 10.2. The fraction of sp³-hybridized carbons (Fsp3) is 0.211. The molecule has 0 saturated heterocycles. The second-order valence-electron chi connectivity index (χ2n) is 5.24. The van der Waals surface area contributed by atoms with Gasteiger partial charge in [0.15, 0.2) is 18.1 Å². The summed E-state index contributed by atoms with van der Waals surface area (Å²) in [6.45, 7) is 1.73. The second-order valence-corrected chi connectivity index (χ2v) is 5.24. The summed E-state index contributed by atoms with van der Waals surface area (Å²) in [7, 11) is 1.45. The number of carbonyl (C=O) groups excluding carboxylic acids is 3. The number of amides is 2. The summed E-state index contributed by atoms with van der Waals surface area (Å²) < 4.78 is 15.5. The molecule has 0 heterocycles. The van der Waals surface area contributed by atoms with Crippen molar-refractivity contribution in [3.8, 4) is 11.5 Å². The average Bonchev–Trinajstić information content (AvgIpc) is 2.71. The van der Waals surface area contributed by atoms with Crippen LogP contribution in [0, 0.1) is 0 Å². The largest absolute Gasteiger partial charge is 0.493 e. The normalized spacial score (nSPS) is 9.85. The van der Waals surface area contributed by atoms with Crippen molar-refractivity contribution in [3.05, 3.63) is 59.7 Å². The molecule has 0 unspecified atom stereocenters. The van der Waals surface area contributed by atoms with Gasteiger partial charge in [-0.25, -0.2) is 4.79 Å². The third-order valence-electron chi connectivity index (χ3n) is 3.38. The summed E-state index contributed by atoms with van der Waals surface area (Å²) in [5.74, 6) is -0.985. The molecule has 0 aliphatic carbocycles. The highest BCUT2D eigenvalue weighted by molar-refractivity contribution is 5.96. The molecule has 0 saturated carbocycles. The number of nitrogens with one attached hydrogen (secondary N) is 2. The Bertz CT molecular complexity index is 807. The molecule has 0 spiro atoms. The van der Waals surface area contributed by atoms with Crippen molar-refractivity contribution < 1.29 is 28.6 Å². The minimum absolute atomic E-state index is 0.205. The van der Waals surface area contributed by atoms with Gasteiger partial charge in [-0.3, -0.25) is 20.4 Å². The third-order valence-corrected chi connectivity index (χ3v) is 3.38. The Balaban J connectivity index is 1.84. The fourth-order valence-electron chi connectivity index (χ4n) is 2.11. The van der Waals surface area contributed by atoms with Crippen molar-refractivity contribution in [3.63, 3.8) is 0 Å². The van der Waals surface area contributed by atoms with Gasteiger partial charge in [-0.15, -0.1) is 0 Å². The summed E-state index contributed by atoms with van der Waals surface area (Å²) in [6.07, 6.45) is 0. The molecule has 8 heteroatoms. The van der Waals surface area contributed by atoms with E-state index in [1.165, 1.54) is 19.2 Å². The molecule has 142 valence electrons. The molecular weight excluding hydrogens is 352 g/mol. The zero-order valence-electron chi connectivity index (χ0n) is 15.0. The highest BCUT2D eigenvalue weighted by atomic mass is 16.5. The van der Waals surface area contributed by atoms with Gasteiger partial charge < -0.3 is 14.2 Å². The maximum absolute atomic E-state index is 12.1. The van der Waals surface area contributed by atoms with Crippen molar-refractivity contribution in [2.24, 2.45) is 0 Å². The first kappa shape index (κ1) is 19.8. The van der Waals surface area contributed by atoms with E-state index in [1.54, 1.807) is 36.4 Å². The summed E-state index contributed by atoms with van der Waals surface area (Å²) >= 11 is 0. The van der Waals surface area contributed by atoms with E-state index in [9.17, 15) is 14.4 Å². The molecule has 0 bridgehead atoms. The van der Waals surface area contributed by atoms with E-state index in [0.717, 1.165) is 0 Å². The van der Waals surface area contributed by atoms with Crippen molar-refractivity contribution in [1.29, 1.82) is 0 Å². The minimum atomic E-state index is -0.708. The van der Waals surface area contributed by atoms with Crippen molar-refractivity contribution in [2.45, 2.75) is 6.92 Å². The summed E-state index contributed by atoms with van der Waals surface area (Å²) in [4.78, 5) is 35.6. The Labute approximate surface area is 156 Å². The van der Waals surface area contributed by atoms with Gasteiger partial charge >= 0.3 is 5.97 Å². The second kappa shape index (κ2) is 9.81. The van der Waals surface area contributed by atoms with Crippen molar-refractivity contribution >= 4 is 17.8 Å². The molecule has 0 aliphatic rings. The molecule has 2 aromatic rings. The van der Waals surface area contributed by atoms with Gasteiger partial charge in [0.25, 0.3) is 11.8 Å². The Morgan fingerprint density at radius 3 is 2.33 bits per heavy atom. The molecular formula is C19H20N2O6. The number of rotatable bonds is 7. The number of hydrogen-bond acceptors (Lipinski definition) is 6. The van der Waals surface area contributed by atoms with E-state index in [0.29, 0.717) is 23.7 Å². The molecule has 2 rings (SSSR count). The van der Waals surface area contributed by atoms with Crippen LogP contribution in [-0.4, -0.2) is 38.1 Å². The number of benzene rings is 2. The van der Waals surface area contributed by atoms with Gasteiger partial charge in [-0.1, -0.05) is 18.2 Å². The number of hydrogen-bond donors (Lipinski definition) is 2. The first-order valence-electron chi connectivity index (χ1n) is 8.17. The van der Waals surface area contributed by atoms with Crippen LogP contribution in [0.5, 0.6) is 11.5 Å². The lowest BCUT2D eigenvalue weighted by Crippen LogP contribution is -2.43. The van der Waals surface area contributed by atoms with E-state index in [2.05, 4.69) is 10.9 Å². The molecule has 2 amide bonds. The van der Waals surface area contributed by atoms with Crippen LogP contribution in [-0.2, 0) is 9.53 Å². The lowest BCUT2D eigenvalue weighted by Gasteiger charge is -2.11. The molecule has 0 atom stereocenters. The van der Waals surface area contributed by atoms with Crippen LogP contribution in [0.1, 0.15) is 27.6 Å². The molecule has 0 aliphatic heterocycles. The van der Waals surface area contributed by atoms with Gasteiger partial charge in [0, 0.05) is 5.56 Å². The topological polar surface area (TPSA) is 103 Å². The van der Waals surface area contributed by atoms with Gasteiger partial charge in [-0.2, -0.15) is 0 Å². The first-order valence-corrected chi connectivity index (χ1v) is 8.17. The predicted molar refractivity (Wildman–Crippen MR) is 96.5 cm³/mol. The number of carbonyl (C=O) groups is 3. The van der Waals surface area contributed by atoms with Crippen molar-refractivity contribution in [2.75, 3.05) is 20.3 Å². The molecule has 0 fully saturated rings. The quantitative estimate of drug-likeness (QED) is 0.567. The van der Waals surface area contributed by atoms with E-state index in [4.69, 9.17) is 14.2 Å². The van der Waals surface area contributed by atoms with Crippen LogP contribution in [0.2, 0.25) is 0 Å². The van der Waals surface area contributed by atoms with E-state index in [-0.39, 0.29) is 5.56 Å². The first-order chi connectivity index (χ1) is 13.0. The van der Waals surface area contributed by atoms with Gasteiger partial charge in [0.05, 0.1) is 19.3 Å². The van der Waals surface area contributed by atoms with Crippen LogP contribution < -0.4 is 20.3 Å². The Hall–Kier alpha value is -3.55. The highest BCUT2D eigenvalue weighted by Gasteiger charge is 2.14. The minimum Gasteiger partial charge on any atom is -0.493 e. The number of esters is 1. The Kier molecular flexibility index (Phi) is 7.18. The summed E-state index contributed by atoms with van der Waals surface area (Å²) in [6, 6.07) is 12.9. The van der Waals surface area contributed by atoms with Crippen LogP contribution in [0.4, 0.5) is 0 Å². The van der Waals surface area contributed by atoms with Gasteiger partial charge in [-0.05, 0) is 37.3 Å². The van der Waals surface area contributed by atoms with E-state index in [1.807, 2.05) is 6.92 Å². The zero-order valence-corrected chi connectivity index (χ0v) is 15.0. The van der Waals surface area contributed by atoms with Crippen LogP contribution >= 0.6 is 0 Å². The Morgan fingerprint density at radius 1 is 0.926 bits per heavy atom. The van der Waals surface area contributed by atoms with Gasteiger partial charge in [0.2, 0.25) is 0 Å². The summed E-state index contributed by atoms with van der Waals surface area (Å²) in [5, 5.41) is 0. The summed E-state index contributed by atoms with van der Waals surface area (Å²) in [5.41, 5.74) is 5.00. The molecule has 2 N–H and O–H groups in total. The monoisotopic (exact) mass is 372 g/mol. The maximum Gasteiger partial charge on any atom is 0.338 e. The third kappa shape index (κ3) is 5.74. The lowest BCUT2D eigenvalue weighted by molar-refractivity contribution is -0.125. The van der Waals surface area contributed by atoms with E-state index >= 15 is 0 Å². The van der Waals surface area contributed by atoms with Crippen LogP contribution in [0.15, 0.2) is 48.5 Å². The molecule has 0 aromatic heterocycles. The molecule has 8 nitrogen and oxygen atoms in total. The highest BCUT2D eigenvalue weighted by Crippen LogP contribution is 2.28. The smallest absolute Gasteiger partial charge is 0.338 e. The average molecular weight is 372 g/mol. The SMILES string of the molecule is CCOc1ccc(C(=O)OCC(=O)NNC(=O)c2ccccc2)cc1OC. The molecule has 0 radical (unpaired) electrons. The number of ether oxygens (including phenoxy) is 3. The van der Waals surface area contributed by atoms with E-state index < -0.39 is 24.4 Å².